The second-order valence-electron chi connectivity index (χ2n) is 8.80. The van der Waals surface area contributed by atoms with Crippen molar-refractivity contribution in [2.24, 2.45) is 5.92 Å². The van der Waals surface area contributed by atoms with E-state index in [0.29, 0.717) is 36.6 Å². The number of nitrogens with one attached hydrogen (secondary N) is 1. The van der Waals surface area contributed by atoms with Crippen LogP contribution in [0.15, 0.2) is 12.4 Å². The summed E-state index contributed by atoms with van der Waals surface area (Å²) in [5.41, 5.74) is -0.166. The van der Waals surface area contributed by atoms with Gasteiger partial charge in [0, 0.05) is 19.5 Å². The van der Waals surface area contributed by atoms with Crippen molar-refractivity contribution in [3.63, 3.8) is 0 Å². The number of methoxy groups -OCH3 is 1. The van der Waals surface area contributed by atoms with Crippen molar-refractivity contribution >= 4 is 27.6 Å². The third-order valence-corrected chi connectivity index (χ3v) is 8.52. The van der Waals surface area contributed by atoms with Crippen LogP contribution >= 0.6 is 11.6 Å². The van der Waals surface area contributed by atoms with E-state index in [4.69, 9.17) is 25.8 Å². The maximum absolute atomic E-state index is 13.4. The molecule has 2 aromatic heterocycles. The van der Waals surface area contributed by atoms with Crippen LogP contribution in [0, 0.1) is 5.92 Å². The predicted octanol–water partition coefficient (Wildman–Crippen LogP) is 2.23. The summed E-state index contributed by atoms with van der Waals surface area (Å²) in [6.45, 7) is 2.90. The number of aromatic nitrogens is 5. The molecule has 2 unspecified atom stereocenters. The maximum atomic E-state index is 13.4. The van der Waals surface area contributed by atoms with E-state index in [0.717, 1.165) is 25.7 Å². The monoisotopic (exact) mass is 498 g/mol. The number of halogens is 1. The Kier molecular flexibility index (Phi) is 6.06. The minimum Gasteiger partial charge on any atom is -0.376 e. The van der Waals surface area contributed by atoms with Crippen molar-refractivity contribution in [2.75, 3.05) is 31.7 Å². The Morgan fingerprint density at radius 1 is 1.24 bits per heavy atom. The molecular formula is C20H27ClN6O5S. The first-order valence-corrected chi connectivity index (χ1v) is 12.9. The summed E-state index contributed by atoms with van der Waals surface area (Å²) in [5, 5.41) is 7.93. The Hall–Kier alpha value is -1.86. The first-order valence-electron chi connectivity index (χ1n) is 11.0. The first-order chi connectivity index (χ1) is 15.9. The second-order valence-corrected chi connectivity index (χ2v) is 11.3. The van der Waals surface area contributed by atoms with Crippen molar-refractivity contribution in [1.82, 2.24) is 24.7 Å². The van der Waals surface area contributed by atoms with Gasteiger partial charge in [0.05, 0.1) is 30.4 Å². The lowest BCUT2D eigenvalue weighted by molar-refractivity contribution is -0.0954. The van der Waals surface area contributed by atoms with Crippen LogP contribution in [0.1, 0.15) is 56.5 Å². The predicted molar refractivity (Wildman–Crippen MR) is 118 cm³/mol. The van der Waals surface area contributed by atoms with Crippen LogP contribution in [0.3, 0.4) is 0 Å². The molecule has 3 heterocycles. The third-order valence-electron chi connectivity index (χ3n) is 6.63. The lowest BCUT2D eigenvalue weighted by Gasteiger charge is -2.28. The number of anilines is 1. The number of hydrogen-bond acceptors (Lipinski definition) is 9. The van der Waals surface area contributed by atoms with Crippen LogP contribution in [0.4, 0.5) is 5.95 Å². The lowest BCUT2D eigenvalue weighted by Crippen LogP contribution is -2.35. The van der Waals surface area contributed by atoms with E-state index in [1.807, 2.05) is 4.57 Å². The minimum atomic E-state index is -3.94. The molecule has 1 N–H and O–H groups in total. The molecule has 0 spiro atoms. The summed E-state index contributed by atoms with van der Waals surface area (Å²) < 4.78 is 48.3. The number of sulfonamides is 1. The van der Waals surface area contributed by atoms with Gasteiger partial charge in [0.25, 0.3) is 0 Å². The number of nitrogens with zero attached hydrogens (tertiary/aromatic N) is 5. The molecule has 5 rings (SSSR count). The molecule has 0 aromatic carbocycles. The summed E-state index contributed by atoms with van der Waals surface area (Å²) >= 11 is 5.87. The van der Waals surface area contributed by atoms with E-state index in [1.165, 1.54) is 19.5 Å². The molecule has 2 aliphatic carbocycles. The second kappa shape index (κ2) is 8.73. The van der Waals surface area contributed by atoms with Crippen LogP contribution in [-0.4, -0.2) is 65.3 Å². The average Bonchev–Trinajstić information content (AvgIpc) is 3.73. The fraction of sp³-hybridized carbons (Fsp3) is 0.700. The smallest absolute Gasteiger partial charge is 0.240 e. The van der Waals surface area contributed by atoms with Crippen molar-refractivity contribution in [1.29, 1.82) is 0 Å². The highest BCUT2D eigenvalue weighted by molar-refractivity contribution is 7.93. The van der Waals surface area contributed by atoms with Gasteiger partial charge in [-0.2, -0.15) is 0 Å². The molecule has 3 fully saturated rings. The fourth-order valence-corrected chi connectivity index (χ4v) is 5.80. The number of ether oxygens (including phenoxy) is 3. The maximum Gasteiger partial charge on any atom is 0.240 e. The summed E-state index contributed by atoms with van der Waals surface area (Å²) in [4.78, 5) is 8.26. The third kappa shape index (κ3) is 4.34. The summed E-state index contributed by atoms with van der Waals surface area (Å²) in [6, 6.07) is 0. The molecule has 180 valence electrons. The summed E-state index contributed by atoms with van der Waals surface area (Å²) in [5.74, 6) is 1.52. The summed E-state index contributed by atoms with van der Waals surface area (Å²) in [6.07, 6.45) is 5.68. The number of hydrogen-bond donors (Lipinski definition) is 1. The average molecular weight is 499 g/mol. The van der Waals surface area contributed by atoms with Crippen molar-refractivity contribution in [2.45, 2.75) is 55.6 Å². The van der Waals surface area contributed by atoms with E-state index in [9.17, 15) is 8.42 Å². The van der Waals surface area contributed by atoms with Gasteiger partial charge in [0.1, 0.15) is 17.5 Å². The van der Waals surface area contributed by atoms with Crippen LogP contribution in [-0.2, 0) is 29.8 Å². The van der Waals surface area contributed by atoms with E-state index in [1.54, 1.807) is 6.92 Å². The zero-order valence-corrected chi connectivity index (χ0v) is 20.0. The standard InChI is InChI=1S/C20H27ClN6O5S/c1-12(16(30-2)17-22-9-14(21)10-23-17)33(28,29)26-19-25-24-18(15-11-31-7-8-32-15)27(19)20(5-6-20)13-3-4-13/h9-10,12-13,15-16H,3-8,11H2,1-2H3,(H,25,26)/t12?,15-,16?/m1/s1. The van der Waals surface area contributed by atoms with Crippen LogP contribution in [0.25, 0.3) is 0 Å². The molecule has 2 saturated carbocycles. The fourth-order valence-electron chi connectivity index (χ4n) is 4.57. The quantitative estimate of drug-likeness (QED) is 0.552. The normalized spacial score (nSPS) is 24.3. The SMILES string of the molecule is COC(c1ncc(Cl)cn1)C(C)S(=O)(=O)Nc1nnc([C@H]2COCCO2)n1C1(C2CC2)CC1. The highest BCUT2D eigenvalue weighted by atomic mass is 35.5. The van der Waals surface area contributed by atoms with E-state index in [-0.39, 0.29) is 23.4 Å². The molecule has 11 nitrogen and oxygen atoms in total. The highest BCUT2D eigenvalue weighted by Crippen LogP contribution is 2.60. The first kappa shape index (κ1) is 22.9. The van der Waals surface area contributed by atoms with Crippen molar-refractivity contribution in [3.05, 3.63) is 29.1 Å². The minimum absolute atomic E-state index is 0.166. The van der Waals surface area contributed by atoms with Crippen molar-refractivity contribution in [3.8, 4) is 0 Å². The molecular weight excluding hydrogens is 472 g/mol. The van der Waals surface area contributed by atoms with Gasteiger partial charge >= 0.3 is 0 Å². The largest absolute Gasteiger partial charge is 0.376 e. The van der Waals surface area contributed by atoms with Gasteiger partial charge in [-0.3, -0.25) is 9.29 Å². The molecule has 1 aliphatic heterocycles. The molecule has 3 atom stereocenters. The summed E-state index contributed by atoms with van der Waals surface area (Å²) in [7, 11) is -2.53. The lowest BCUT2D eigenvalue weighted by atomic mass is 10.1. The van der Waals surface area contributed by atoms with Crippen LogP contribution in [0.2, 0.25) is 5.02 Å². The van der Waals surface area contributed by atoms with Gasteiger partial charge in [-0.05, 0) is 38.5 Å². The van der Waals surface area contributed by atoms with Gasteiger partial charge < -0.3 is 14.2 Å². The Morgan fingerprint density at radius 2 is 1.97 bits per heavy atom. The van der Waals surface area contributed by atoms with Gasteiger partial charge in [-0.1, -0.05) is 11.6 Å². The Bertz CT molecular complexity index is 1100. The van der Waals surface area contributed by atoms with Crippen LogP contribution in [0.5, 0.6) is 0 Å². The molecule has 13 heteroatoms. The molecule has 2 aromatic rings. The molecule has 33 heavy (non-hydrogen) atoms. The molecule has 3 aliphatic rings. The van der Waals surface area contributed by atoms with Gasteiger partial charge in [-0.15, -0.1) is 10.2 Å². The van der Waals surface area contributed by atoms with Gasteiger partial charge in [-0.25, -0.2) is 18.4 Å². The van der Waals surface area contributed by atoms with Crippen molar-refractivity contribution < 1.29 is 22.6 Å². The topological polar surface area (TPSA) is 130 Å². The Labute approximate surface area is 197 Å². The zero-order valence-electron chi connectivity index (χ0n) is 18.5. The van der Waals surface area contributed by atoms with E-state index in [2.05, 4.69) is 24.9 Å². The molecule has 0 amide bonds. The highest BCUT2D eigenvalue weighted by Gasteiger charge is 2.58. The van der Waals surface area contributed by atoms with Gasteiger partial charge in [0.15, 0.2) is 11.6 Å². The van der Waals surface area contributed by atoms with E-state index >= 15 is 0 Å². The molecule has 0 radical (unpaired) electrons. The van der Waals surface area contributed by atoms with E-state index < -0.39 is 21.4 Å². The molecule has 1 saturated heterocycles. The zero-order chi connectivity index (χ0) is 23.2. The van der Waals surface area contributed by atoms with Gasteiger partial charge in [0.2, 0.25) is 16.0 Å². The van der Waals surface area contributed by atoms with Crippen LogP contribution < -0.4 is 4.72 Å². The Balaban J connectivity index is 1.45. The molecule has 0 bridgehead atoms. The number of rotatable bonds is 9. The Morgan fingerprint density at radius 3 is 2.55 bits per heavy atom.